The van der Waals surface area contributed by atoms with Gasteiger partial charge in [0.05, 0.1) is 6.04 Å². The molecule has 3 amide bonds. The van der Waals surface area contributed by atoms with Gasteiger partial charge in [0.1, 0.15) is 23.9 Å². The van der Waals surface area contributed by atoms with Crippen LogP contribution >= 0.6 is 12.6 Å². The monoisotopic (exact) mass is 578 g/mol. The highest BCUT2D eigenvalue weighted by molar-refractivity contribution is 7.80. The Balaban J connectivity index is 1.84. The lowest BCUT2D eigenvalue weighted by atomic mass is 10.0. The first-order chi connectivity index (χ1) is 19.7. The number of aromatic hydroxyl groups is 1. The first-order valence-electron chi connectivity index (χ1n) is 13.0. The van der Waals surface area contributed by atoms with Crippen molar-refractivity contribution in [3.05, 3.63) is 102 Å². The zero-order valence-corrected chi connectivity index (χ0v) is 23.2. The lowest BCUT2D eigenvalue weighted by molar-refractivity contribution is -0.142. The molecule has 41 heavy (non-hydrogen) atoms. The highest BCUT2D eigenvalue weighted by atomic mass is 32.1. The number of aliphatic carboxylic acids is 1. The SMILES string of the molecule is NC(CS)C(=O)NC(Cc1ccc(O)cc1)C(=O)NC(Cc1ccccc1)C(=O)NC(Cc1ccccc1)C(=O)O. The number of amides is 3. The zero-order chi connectivity index (χ0) is 29.8. The zero-order valence-electron chi connectivity index (χ0n) is 22.3. The summed E-state index contributed by atoms with van der Waals surface area (Å²) in [7, 11) is 0. The van der Waals surface area contributed by atoms with Crippen molar-refractivity contribution in [1.29, 1.82) is 0 Å². The molecular formula is C30H34N4O6S. The molecular weight excluding hydrogens is 544 g/mol. The minimum absolute atomic E-state index is 0.0407. The van der Waals surface area contributed by atoms with Gasteiger partial charge >= 0.3 is 5.97 Å². The molecule has 0 saturated carbocycles. The van der Waals surface area contributed by atoms with Crippen molar-refractivity contribution in [3.63, 3.8) is 0 Å². The largest absolute Gasteiger partial charge is 0.508 e. The van der Waals surface area contributed by atoms with Crippen LogP contribution in [0.15, 0.2) is 84.9 Å². The Morgan fingerprint density at radius 1 is 0.634 bits per heavy atom. The summed E-state index contributed by atoms with van der Waals surface area (Å²) in [6, 6.07) is 19.5. The molecule has 3 aromatic carbocycles. The Kier molecular flexibility index (Phi) is 11.7. The number of carboxylic acid groups (broad SMARTS) is 1. The smallest absolute Gasteiger partial charge is 0.326 e. The van der Waals surface area contributed by atoms with Gasteiger partial charge in [-0.3, -0.25) is 14.4 Å². The Morgan fingerprint density at radius 2 is 1.02 bits per heavy atom. The third-order valence-corrected chi connectivity index (χ3v) is 6.75. The second-order valence-corrected chi connectivity index (χ2v) is 9.93. The standard InChI is InChI=1S/C30H34N4O6S/c31-23(18-41)27(36)32-24(16-21-11-13-22(35)14-12-21)28(37)33-25(15-19-7-3-1-4-8-19)29(38)34-26(30(39)40)17-20-9-5-2-6-10-20/h1-14,23-26,35,41H,15-18,31H2,(H,32,36)(H,33,37)(H,34,38)(H,39,40). The number of carbonyl (C=O) groups excluding carboxylic acids is 3. The fourth-order valence-corrected chi connectivity index (χ4v) is 4.26. The number of benzene rings is 3. The number of thiol groups is 1. The molecule has 0 radical (unpaired) electrons. The van der Waals surface area contributed by atoms with Crippen LogP contribution in [0.3, 0.4) is 0 Å². The van der Waals surface area contributed by atoms with Gasteiger partial charge in [0.15, 0.2) is 0 Å². The number of carboxylic acids is 1. The first-order valence-corrected chi connectivity index (χ1v) is 13.7. The van der Waals surface area contributed by atoms with E-state index in [4.69, 9.17) is 5.73 Å². The number of hydrogen-bond acceptors (Lipinski definition) is 7. The van der Waals surface area contributed by atoms with E-state index >= 15 is 0 Å². The minimum atomic E-state index is -1.24. The number of carbonyl (C=O) groups is 4. The van der Waals surface area contributed by atoms with Crippen LogP contribution in [0.2, 0.25) is 0 Å². The molecule has 0 aliphatic heterocycles. The molecule has 4 atom stereocenters. The van der Waals surface area contributed by atoms with Crippen LogP contribution in [0.5, 0.6) is 5.75 Å². The molecule has 4 unspecified atom stereocenters. The van der Waals surface area contributed by atoms with E-state index in [1.54, 1.807) is 66.7 Å². The summed E-state index contributed by atoms with van der Waals surface area (Å²) in [5.41, 5.74) is 7.90. The number of hydrogen-bond donors (Lipinski definition) is 7. The summed E-state index contributed by atoms with van der Waals surface area (Å²) >= 11 is 4.05. The van der Waals surface area contributed by atoms with Gasteiger partial charge in [0.25, 0.3) is 0 Å². The molecule has 10 nitrogen and oxygen atoms in total. The van der Waals surface area contributed by atoms with Crippen LogP contribution < -0.4 is 21.7 Å². The topological polar surface area (TPSA) is 171 Å². The molecule has 3 aromatic rings. The molecule has 0 aromatic heterocycles. The molecule has 7 N–H and O–H groups in total. The molecule has 0 aliphatic carbocycles. The van der Waals surface area contributed by atoms with E-state index in [1.165, 1.54) is 12.1 Å². The summed E-state index contributed by atoms with van der Waals surface area (Å²) in [5.74, 6) is -3.08. The summed E-state index contributed by atoms with van der Waals surface area (Å²) in [5, 5.41) is 27.3. The Morgan fingerprint density at radius 3 is 1.46 bits per heavy atom. The van der Waals surface area contributed by atoms with Crippen LogP contribution in [-0.4, -0.2) is 63.8 Å². The number of phenols is 1. The maximum atomic E-state index is 13.5. The van der Waals surface area contributed by atoms with Crippen LogP contribution in [0.4, 0.5) is 0 Å². The summed E-state index contributed by atoms with van der Waals surface area (Å²) in [6.07, 6.45) is 0.170. The normalized spacial score (nSPS) is 13.7. The van der Waals surface area contributed by atoms with Crippen LogP contribution in [0.1, 0.15) is 16.7 Å². The van der Waals surface area contributed by atoms with E-state index < -0.39 is 47.9 Å². The number of nitrogens with one attached hydrogen (secondary N) is 3. The number of rotatable bonds is 14. The lowest BCUT2D eigenvalue weighted by Gasteiger charge is -2.25. The predicted octanol–water partition coefficient (Wildman–Crippen LogP) is 1.22. The van der Waals surface area contributed by atoms with E-state index in [0.29, 0.717) is 5.56 Å². The molecule has 216 valence electrons. The lowest BCUT2D eigenvalue weighted by Crippen LogP contribution is -2.58. The van der Waals surface area contributed by atoms with Crippen molar-refractivity contribution in [2.75, 3.05) is 5.75 Å². The third-order valence-electron chi connectivity index (χ3n) is 6.36. The second kappa shape index (κ2) is 15.4. The predicted molar refractivity (Wildman–Crippen MR) is 157 cm³/mol. The van der Waals surface area contributed by atoms with E-state index in [2.05, 4.69) is 28.6 Å². The second-order valence-electron chi connectivity index (χ2n) is 9.56. The van der Waals surface area contributed by atoms with Gasteiger partial charge in [-0.2, -0.15) is 12.6 Å². The average Bonchev–Trinajstić information content (AvgIpc) is 2.97. The van der Waals surface area contributed by atoms with Crippen LogP contribution in [-0.2, 0) is 38.4 Å². The van der Waals surface area contributed by atoms with Gasteiger partial charge in [0.2, 0.25) is 17.7 Å². The Bertz CT molecular complexity index is 1310. The summed E-state index contributed by atoms with van der Waals surface area (Å²) in [4.78, 5) is 51.6. The Hall–Kier alpha value is -4.35. The van der Waals surface area contributed by atoms with Crippen molar-refractivity contribution in [3.8, 4) is 5.75 Å². The molecule has 0 aliphatic rings. The first kappa shape index (κ1) is 31.2. The molecule has 11 heteroatoms. The van der Waals surface area contributed by atoms with E-state index in [-0.39, 0.29) is 30.8 Å². The molecule has 0 heterocycles. The van der Waals surface area contributed by atoms with Gasteiger partial charge in [0, 0.05) is 25.0 Å². The summed E-state index contributed by atoms with van der Waals surface area (Å²) < 4.78 is 0. The van der Waals surface area contributed by atoms with Crippen molar-refractivity contribution < 1.29 is 29.4 Å². The van der Waals surface area contributed by atoms with Gasteiger partial charge in [-0.05, 0) is 28.8 Å². The highest BCUT2D eigenvalue weighted by Gasteiger charge is 2.30. The van der Waals surface area contributed by atoms with Crippen molar-refractivity contribution >= 4 is 36.3 Å². The Labute approximate surface area is 243 Å². The maximum Gasteiger partial charge on any atom is 0.326 e. The van der Waals surface area contributed by atoms with Gasteiger partial charge in [-0.25, -0.2) is 4.79 Å². The van der Waals surface area contributed by atoms with E-state index in [0.717, 1.165) is 11.1 Å². The van der Waals surface area contributed by atoms with Gasteiger partial charge < -0.3 is 31.9 Å². The fraction of sp³-hybridized carbons (Fsp3) is 0.267. The van der Waals surface area contributed by atoms with E-state index in [1.807, 2.05) is 6.07 Å². The minimum Gasteiger partial charge on any atom is -0.508 e. The van der Waals surface area contributed by atoms with Gasteiger partial charge in [-0.15, -0.1) is 0 Å². The molecule has 3 rings (SSSR count). The third kappa shape index (κ3) is 9.96. The van der Waals surface area contributed by atoms with Crippen LogP contribution in [0, 0.1) is 0 Å². The molecule has 0 saturated heterocycles. The van der Waals surface area contributed by atoms with Gasteiger partial charge in [-0.1, -0.05) is 72.8 Å². The maximum absolute atomic E-state index is 13.5. The quantitative estimate of drug-likeness (QED) is 0.141. The average molecular weight is 579 g/mol. The summed E-state index contributed by atoms with van der Waals surface area (Å²) in [6.45, 7) is 0. The highest BCUT2D eigenvalue weighted by Crippen LogP contribution is 2.13. The van der Waals surface area contributed by atoms with E-state index in [9.17, 15) is 29.4 Å². The fourth-order valence-electron chi connectivity index (χ4n) is 4.09. The molecule has 0 spiro atoms. The number of nitrogens with two attached hydrogens (primary N) is 1. The molecule has 0 fully saturated rings. The molecule has 0 bridgehead atoms. The van der Waals surface area contributed by atoms with Crippen molar-refractivity contribution in [2.24, 2.45) is 5.73 Å². The van der Waals surface area contributed by atoms with Crippen LogP contribution in [0.25, 0.3) is 0 Å². The van der Waals surface area contributed by atoms with Crippen molar-refractivity contribution in [1.82, 2.24) is 16.0 Å². The van der Waals surface area contributed by atoms with Crippen molar-refractivity contribution in [2.45, 2.75) is 43.4 Å². The number of phenolic OH excluding ortho intramolecular Hbond substituents is 1.